The van der Waals surface area contributed by atoms with Crippen molar-refractivity contribution in [1.82, 2.24) is 19.3 Å². The monoisotopic (exact) mass is 430 g/mol. The number of ether oxygens (including phenoxy) is 1. The molecule has 0 bridgehead atoms. The van der Waals surface area contributed by atoms with Crippen molar-refractivity contribution in [2.45, 2.75) is 44.6 Å². The maximum absolute atomic E-state index is 13.2. The second kappa shape index (κ2) is 9.24. The zero-order valence-corrected chi connectivity index (χ0v) is 19.0. The average molecular weight is 431 g/mol. The molecule has 8 heteroatoms. The number of nitrogens with one attached hydrogen (secondary N) is 1. The van der Waals surface area contributed by atoms with Crippen LogP contribution >= 0.6 is 0 Å². The Morgan fingerprint density at radius 1 is 1.20 bits per heavy atom. The van der Waals surface area contributed by atoms with E-state index in [9.17, 15) is 8.42 Å². The van der Waals surface area contributed by atoms with Gasteiger partial charge in [-0.05, 0) is 36.6 Å². The molecular weight excluding hydrogens is 400 g/mol. The van der Waals surface area contributed by atoms with Gasteiger partial charge in [-0.2, -0.15) is 4.31 Å². The molecule has 3 rings (SSSR count). The molecule has 1 aromatic carbocycles. The number of H-pyrrole nitrogens is 1. The van der Waals surface area contributed by atoms with Gasteiger partial charge in [0.25, 0.3) is 0 Å². The number of hydrogen-bond acceptors (Lipinski definition) is 5. The van der Waals surface area contributed by atoms with E-state index in [1.165, 1.54) is 4.31 Å². The van der Waals surface area contributed by atoms with Gasteiger partial charge >= 0.3 is 0 Å². The van der Waals surface area contributed by atoms with Crippen LogP contribution in [0, 0.1) is 12.8 Å². The minimum absolute atomic E-state index is 0.188. The fourth-order valence-electron chi connectivity index (χ4n) is 3.63. The maximum Gasteiger partial charge on any atom is 0.243 e. The third kappa shape index (κ3) is 4.55. The van der Waals surface area contributed by atoms with E-state index in [4.69, 9.17) is 4.74 Å². The zero-order valence-electron chi connectivity index (χ0n) is 18.2. The lowest BCUT2D eigenvalue weighted by Crippen LogP contribution is -2.43. The van der Waals surface area contributed by atoms with Crippen LogP contribution in [0.3, 0.4) is 0 Å². The lowest BCUT2D eigenvalue weighted by atomic mass is 10.0. The highest BCUT2D eigenvalue weighted by atomic mass is 32.2. The molecule has 0 spiro atoms. The predicted octanol–water partition coefficient (Wildman–Crippen LogP) is 3.54. The largest absolute Gasteiger partial charge is 0.383 e. The summed E-state index contributed by atoms with van der Waals surface area (Å²) < 4.78 is 33.0. The third-order valence-electron chi connectivity index (χ3n) is 5.67. The number of methoxy groups -OCH3 is 1. The van der Waals surface area contributed by atoms with Crippen LogP contribution in [0.15, 0.2) is 41.4 Å². The Hall–Kier alpha value is -2.29. The maximum atomic E-state index is 13.2. The number of fused-ring (bicyclic) bond motifs is 1. The lowest BCUT2D eigenvalue weighted by Gasteiger charge is -2.31. The zero-order chi connectivity index (χ0) is 21.9. The Bertz CT molecular complexity index is 1090. The van der Waals surface area contributed by atoms with Crippen LogP contribution in [0.4, 0.5) is 0 Å². The molecule has 0 aliphatic heterocycles. The number of likely N-dealkylation sites (N-methyl/N-ethyl adjacent to an activating group) is 1. The number of imidazole rings is 1. The lowest BCUT2D eigenvalue weighted by molar-refractivity contribution is 0.112. The number of sulfonamides is 1. The van der Waals surface area contributed by atoms with Gasteiger partial charge in [-0.3, -0.25) is 4.98 Å². The molecule has 1 N–H and O–H groups in total. The molecule has 2 atom stereocenters. The predicted molar refractivity (Wildman–Crippen MR) is 118 cm³/mol. The summed E-state index contributed by atoms with van der Waals surface area (Å²) in [7, 11) is -0.390. The molecule has 162 valence electrons. The van der Waals surface area contributed by atoms with Crippen LogP contribution in [-0.2, 0) is 21.2 Å². The van der Waals surface area contributed by atoms with Crippen molar-refractivity contribution in [2.24, 2.45) is 5.92 Å². The van der Waals surface area contributed by atoms with E-state index in [0.717, 1.165) is 34.5 Å². The van der Waals surface area contributed by atoms with Gasteiger partial charge in [0.1, 0.15) is 11.3 Å². The quantitative estimate of drug-likeness (QED) is 0.561. The molecule has 0 radical (unpaired) electrons. The van der Waals surface area contributed by atoms with Crippen molar-refractivity contribution in [1.29, 1.82) is 0 Å². The average Bonchev–Trinajstić information content (AvgIpc) is 3.12. The van der Waals surface area contributed by atoms with Crippen LogP contribution < -0.4 is 0 Å². The molecule has 0 saturated heterocycles. The summed E-state index contributed by atoms with van der Waals surface area (Å²) in [6.07, 6.45) is 3.21. The Morgan fingerprint density at radius 2 is 1.90 bits per heavy atom. The standard InChI is InChI=1S/C22H30N4O3S/c1-6-15(2)21(14-29-5)26(4)30(27,28)18-9-7-17(8-10-18)13-20-22-19(11-12-23-20)24-16(3)25-22/h7-12,15,21H,6,13-14H2,1-5H3,(H,24,25)/t15?,21-/m1/s1. The second-order valence-electron chi connectivity index (χ2n) is 7.73. The first kappa shape index (κ1) is 22.4. The molecule has 0 fully saturated rings. The molecule has 0 amide bonds. The first-order valence-electron chi connectivity index (χ1n) is 10.1. The van der Waals surface area contributed by atoms with Crippen molar-refractivity contribution in [3.63, 3.8) is 0 Å². The summed E-state index contributed by atoms with van der Waals surface area (Å²) in [4.78, 5) is 12.5. The van der Waals surface area contributed by atoms with Crippen LogP contribution in [-0.4, -0.2) is 54.5 Å². The van der Waals surface area contributed by atoms with Crippen LogP contribution in [0.1, 0.15) is 37.4 Å². The van der Waals surface area contributed by atoms with E-state index in [1.807, 2.05) is 32.0 Å². The summed E-state index contributed by atoms with van der Waals surface area (Å²) in [6.45, 7) is 6.37. The Morgan fingerprint density at radius 3 is 2.53 bits per heavy atom. The number of aromatic nitrogens is 3. The van der Waals surface area contributed by atoms with Gasteiger partial charge in [0.15, 0.2) is 0 Å². The molecule has 3 aromatic rings. The smallest absolute Gasteiger partial charge is 0.243 e. The van der Waals surface area contributed by atoms with E-state index >= 15 is 0 Å². The molecule has 2 aromatic heterocycles. The third-order valence-corrected chi connectivity index (χ3v) is 7.57. The number of hydrogen-bond donors (Lipinski definition) is 1. The number of aryl methyl sites for hydroxylation is 1. The minimum Gasteiger partial charge on any atom is -0.383 e. The molecule has 0 aliphatic carbocycles. The summed E-state index contributed by atoms with van der Waals surface area (Å²) >= 11 is 0. The van der Waals surface area contributed by atoms with Gasteiger partial charge in [0.05, 0.1) is 28.8 Å². The van der Waals surface area contributed by atoms with Crippen molar-refractivity contribution in [3.05, 3.63) is 53.6 Å². The Balaban J connectivity index is 1.83. The number of rotatable bonds is 9. The highest BCUT2D eigenvalue weighted by molar-refractivity contribution is 7.89. The Kier molecular flexibility index (Phi) is 6.90. The molecule has 1 unspecified atom stereocenters. The number of nitrogens with zero attached hydrogens (tertiary/aromatic N) is 3. The molecule has 0 aliphatic rings. The number of benzene rings is 1. The van der Waals surface area contributed by atoms with Gasteiger partial charge in [-0.15, -0.1) is 0 Å². The fourth-order valence-corrected chi connectivity index (χ4v) is 5.07. The van der Waals surface area contributed by atoms with Gasteiger partial charge in [0, 0.05) is 26.8 Å². The van der Waals surface area contributed by atoms with Crippen LogP contribution in [0.2, 0.25) is 0 Å². The summed E-state index contributed by atoms with van der Waals surface area (Å²) in [6, 6.07) is 8.70. The van der Waals surface area contributed by atoms with Crippen molar-refractivity contribution in [3.8, 4) is 0 Å². The van der Waals surface area contributed by atoms with E-state index in [1.54, 1.807) is 32.5 Å². The number of pyridine rings is 1. The van der Waals surface area contributed by atoms with Gasteiger partial charge < -0.3 is 9.72 Å². The summed E-state index contributed by atoms with van der Waals surface area (Å²) in [5, 5.41) is 0. The van der Waals surface area contributed by atoms with Crippen molar-refractivity contribution < 1.29 is 13.2 Å². The van der Waals surface area contributed by atoms with E-state index in [-0.39, 0.29) is 16.9 Å². The molecule has 2 heterocycles. The highest BCUT2D eigenvalue weighted by Crippen LogP contribution is 2.24. The molecule has 0 saturated carbocycles. The topological polar surface area (TPSA) is 88.2 Å². The van der Waals surface area contributed by atoms with E-state index in [2.05, 4.69) is 21.9 Å². The van der Waals surface area contributed by atoms with Crippen LogP contribution in [0.25, 0.3) is 11.0 Å². The molecular formula is C22H30N4O3S. The number of aromatic amines is 1. The van der Waals surface area contributed by atoms with Gasteiger partial charge in [-0.1, -0.05) is 32.4 Å². The minimum atomic E-state index is -3.62. The molecule has 7 nitrogen and oxygen atoms in total. The van der Waals surface area contributed by atoms with Crippen LogP contribution in [0.5, 0.6) is 0 Å². The SMILES string of the molecule is CCC(C)[C@@H](COC)N(C)S(=O)(=O)c1ccc(Cc2nccc3[nH]c(C)nc23)cc1. The first-order chi connectivity index (χ1) is 14.3. The molecule has 30 heavy (non-hydrogen) atoms. The highest BCUT2D eigenvalue weighted by Gasteiger charge is 2.31. The van der Waals surface area contributed by atoms with E-state index < -0.39 is 10.0 Å². The first-order valence-corrected chi connectivity index (χ1v) is 11.6. The normalized spacial score (nSPS) is 14.3. The Labute approximate surface area is 178 Å². The summed E-state index contributed by atoms with van der Waals surface area (Å²) in [5.41, 5.74) is 3.64. The summed E-state index contributed by atoms with van der Waals surface area (Å²) in [5.74, 6) is 1.03. The van der Waals surface area contributed by atoms with Gasteiger partial charge in [-0.25, -0.2) is 13.4 Å². The van der Waals surface area contributed by atoms with Gasteiger partial charge in [0.2, 0.25) is 10.0 Å². The second-order valence-corrected chi connectivity index (χ2v) is 9.72. The van der Waals surface area contributed by atoms with E-state index in [0.29, 0.717) is 13.0 Å². The fraction of sp³-hybridized carbons (Fsp3) is 0.455. The van der Waals surface area contributed by atoms with Crippen molar-refractivity contribution in [2.75, 3.05) is 20.8 Å². The van der Waals surface area contributed by atoms with Crippen molar-refractivity contribution >= 4 is 21.1 Å².